The van der Waals surface area contributed by atoms with Crippen LogP contribution in [0.25, 0.3) is 10.9 Å². The van der Waals surface area contributed by atoms with Gasteiger partial charge in [-0.2, -0.15) is 0 Å². The average molecular weight is 616 g/mol. The molecule has 0 fully saturated rings. The fourth-order valence-corrected chi connectivity index (χ4v) is 5.01. The molecular weight excluding hydrogens is 592 g/mol. The number of aromatic nitrogens is 1. The zero-order chi connectivity index (χ0) is 28.1. The maximum absolute atomic E-state index is 13.3. The van der Waals surface area contributed by atoms with Crippen molar-refractivity contribution in [3.05, 3.63) is 136 Å². The molecule has 0 aliphatic rings. The first kappa shape index (κ1) is 27.2. The molecule has 0 atom stereocenters. The predicted octanol–water partition coefficient (Wildman–Crippen LogP) is 6.33. The van der Waals surface area contributed by atoms with Crippen molar-refractivity contribution in [3.63, 3.8) is 0 Å². The summed E-state index contributed by atoms with van der Waals surface area (Å²) in [6, 6.07) is 33.3. The number of rotatable bonds is 7. The lowest BCUT2D eigenvalue weighted by molar-refractivity contribution is -0.136. The van der Waals surface area contributed by atoms with E-state index in [2.05, 4.69) is 32.0 Å². The molecule has 0 aliphatic heterocycles. The van der Waals surface area contributed by atoms with Gasteiger partial charge in [-0.05, 0) is 47.5 Å². The van der Waals surface area contributed by atoms with Crippen molar-refractivity contribution in [1.29, 1.82) is 0 Å². The SMILES string of the molecule is O=C(NCC(c1ccccc1)c1ccccc1)C(=O)Nn1c(C(=O)Nc2ccccc2Cl)cc2cc(Br)ccc21. The first-order valence-electron chi connectivity index (χ1n) is 12.5. The number of nitrogens with zero attached hydrogens (tertiary/aromatic N) is 1. The van der Waals surface area contributed by atoms with Gasteiger partial charge in [0.15, 0.2) is 0 Å². The summed E-state index contributed by atoms with van der Waals surface area (Å²) in [6.07, 6.45) is 0. The molecule has 4 aromatic carbocycles. The molecular formula is C31H24BrClN4O3. The fourth-order valence-electron chi connectivity index (χ4n) is 4.45. The molecule has 0 bridgehead atoms. The summed E-state index contributed by atoms with van der Waals surface area (Å²) in [5.41, 5.74) is 5.70. The van der Waals surface area contributed by atoms with Crippen molar-refractivity contribution < 1.29 is 14.4 Å². The van der Waals surface area contributed by atoms with Gasteiger partial charge < -0.3 is 10.6 Å². The third-order valence-electron chi connectivity index (χ3n) is 6.41. The summed E-state index contributed by atoms with van der Waals surface area (Å²) in [5.74, 6) is -2.39. The fraction of sp³-hybridized carbons (Fsp3) is 0.0645. The minimum Gasteiger partial charge on any atom is -0.347 e. The van der Waals surface area contributed by atoms with Gasteiger partial charge in [-0.25, -0.2) is 4.68 Å². The molecule has 7 nitrogen and oxygen atoms in total. The van der Waals surface area contributed by atoms with Gasteiger partial charge in [0.1, 0.15) is 5.69 Å². The number of carbonyl (C=O) groups is 3. The van der Waals surface area contributed by atoms with E-state index in [9.17, 15) is 14.4 Å². The Kier molecular flexibility index (Phi) is 8.28. The van der Waals surface area contributed by atoms with E-state index in [0.717, 1.165) is 15.6 Å². The Morgan fingerprint density at radius 2 is 1.40 bits per heavy atom. The maximum atomic E-state index is 13.3. The van der Waals surface area contributed by atoms with Gasteiger partial charge >= 0.3 is 11.8 Å². The molecule has 40 heavy (non-hydrogen) atoms. The highest BCUT2D eigenvalue weighted by Crippen LogP contribution is 2.26. The van der Waals surface area contributed by atoms with Crippen LogP contribution in [0, 0.1) is 0 Å². The minimum absolute atomic E-state index is 0.126. The van der Waals surface area contributed by atoms with E-state index in [0.29, 0.717) is 21.6 Å². The van der Waals surface area contributed by atoms with Crippen LogP contribution < -0.4 is 16.1 Å². The number of nitrogens with one attached hydrogen (secondary N) is 3. The van der Waals surface area contributed by atoms with Crippen LogP contribution in [0.4, 0.5) is 5.69 Å². The number of hydrogen-bond donors (Lipinski definition) is 3. The van der Waals surface area contributed by atoms with E-state index in [-0.39, 0.29) is 18.2 Å². The van der Waals surface area contributed by atoms with E-state index in [1.165, 1.54) is 4.68 Å². The molecule has 0 saturated heterocycles. The quantitative estimate of drug-likeness (QED) is 0.187. The summed E-state index contributed by atoms with van der Waals surface area (Å²) < 4.78 is 2.11. The lowest BCUT2D eigenvalue weighted by Crippen LogP contribution is -2.41. The van der Waals surface area contributed by atoms with Gasteiger partial charge in [-0.15, -0.1) is 0 Å². The molecule has 1 aromatic heterocycles. The van der Waals surface area contributed by atoms with Gasteiger partial charge in [0.25, 0.3) is 5.91 Å². The molecule has 0 aliphatic carbocycles. The van der Waals surface area contributed by atoms with Crippen molar-refractivity contribution in [2.75, 3.05) is 17.3 Å². The summed E-state index contributed by atoms with van der Waals surface area (Å²) >= 11 is 9.65. The highest BCUT2D eigenvalue weighted by Gasteiger charge is 2.23. The van der Waals surface area contributed by atoms with Gasteiger partial charge in [0, 0.05) is 22.3 Å². The van der Waals surface area contributed by atoms with E-state index in [4.69, 9.17) is 11.6 Å². The van der Waals surface area contributed by atoms with E-state index < -0.39 is 17.7 Å². The van der Waals surface area contributed by atoms with Crippen molar-refractivity contribution in [2.45, 2.75) is 5.92 Å². The Morgan fingerprint density at radius 1 is 0.775 bits per heavy atom. The summed E-state index contributed by atoms with van der Waals surface area (Å²) in [6.45, 7) is 0.208. The van der Waals surface area contributed by atoms with Gasteiger partial charge in [0.05, 0.1) is 16.2 Å². The summed E-state index contributed by atoms with van der Waals surface area (Å²) in [7, 11) is 0. The van der Waals surface area contributed by atoms with Crippen molar-refractivity contribution in [3.8, 4) is 0 Å². The average Bonchev–Trinajstić information content (AvgIpc) is 3.32. The van der Waals surface area contributed by atoms with Crippen LogP contribution in [0.2, 0.25) is 5.02 Å². The number of halogens is 2. The molecule has 5 aromatic rings. The number of carbonyl (C=O) groups excluding carboxylic acids is 3. The number of fused-ring (bicyclic) bond motifs is 1. The van der Waals surface area contributed by atoms with Crippen LogP contribution >= 0.6 is 27.5 Å². The number of anilines is 1. The van der Waals surface area contributed by atoms with E-state index in [1.807, 2.05) is 66.7 Å². The topological polar surface area (TPSA) is 92.2 Å². The van der Waals surface area contributed by atoms with Crippen molar-refractivity contribution >= 4 is 61.8 Å². The third-order valence-corrected chi connectivity index (χ3v) is 7.23. The molecule has 0 saturated carbocycles. The second kappa shape index (κ2) is 12.2. The molecule has 3 N–H and O–H groups in total. The zero-order valence-corrected chi connectivity index (χ0v) is 23.4. The molecule has 5 rings (SSSR count). The molecule has 0 spiro atoms. The highest BCUT2D eigenvalue weighted by molar-refractivity contribution is 9.10. The molecule has 1 heterocycles. The monoisotopic (exact) mass is 614 g/mol. The lowest BCUT2D eigenvalue weighted by atomic mass is 9.91. The number of hydrogen-bond acceptors (Lipinski definition) is 3. The van der Waals surface area contributed by atoms with E-state index in [1.54, 1.807) is 42.5 Å². The molecule has 0 radical (unpaired) electrons. The first-order chi connectivity index (χ1) is 19.4. The zero-order valence-electron chi connectivity index (χ0n) is 21.1. The van der Waals surface area contributed by atoms with Crippen molar-refractivity contribution in [1.82, 2.24) is 9.99 Å². The Bertz CT molecular complexity index is 1650. The number of benzene rings is 4. The smallest absolute Gasteiger partial charge is 0.328 e. The van der Waals surface area contributed by atoms with Crippen LogP contribution in [0.5, 0.6) is 0 Å². The Hall–Kier alpha value is -4.40. The Morgan fingerprint density at radius 3 is 2.05 bits per heavy atom. The van der Waals surface area contributed by atoms with Crippen molar-refractivity contribution in [2.24, 2.45) is 0 Å². The standard InChI is InChI=1S/C31H24BrClN4O3/c32-23-15-16-27-22(17-23)18-28(29(38)35-26-14-8-7-13-25(26)33)37(27)36-31(40)30(39)34-19-24(20-9-3-1-4-10-20)21-11-5-2-6-12-21/h1-18,24H,19H2,(H,34,39)(H,35,38)(H,36,40). The third kappa shape index (κ3) is 6.09. The lowest BCUT2D eigenvalue weighted by Gasteiger charge is -2.19. The van der Waals surface area contributed by atoms with Crippen LogP contribution in [0.3, 0.4) is 0 Å². The first-order valence-corrected chi connectivity index (χ1v) is 13.6. The predicted molar refractivity (Wildman–Crippen MR) is 161 cm³/mol. The van der Waals surface area contributed by atoms with Gasteiger partial charge in [0.2, 0.25) is 0 Å². The Labute approximate surface area is 244 Å². The van der Waals surface area contributed by atoms with Gasteiger partial charge in [-0.1, -0.05) is 100 Å². The molecule has 200 valence electrons. The second-order valence-electron chi connectivity index (χ2n) is 9.03. The molecule has 9 heteroatoms. The highest BCUT2D eigenvalue weighted by atomic mass is 79.9. The second-order valence-corrected chi connectivity index (χ2v) is 10.3. The Balaban J connectivity index is 1.37. The molecule has 3 amide bonds. The largest absolute Gasteiger partial charge is 0.347 e. The van der Waals surface area contributed by atoms with Crippen LogP contribution in [0.15, 0.2) is 114 Å². The molecule has 0 unspecified atom stereocenters. The summed E-state index contributed by atoms with van der Waals surface area (Å²) in [5, 5.41) is 6.58. The maximum Gasteiger partial charge on any atom is 0.328 e. The van der Waals surface area contributed by atoms with E-state index >= 15 is 0 Å². The van der Waals surface area contributed by atoms with Crippen LogP contribution in [0.1, 0.15) is 27.5 Å². The normalized spacial score (nSPS) is 10.9. The number of amides is 3. The van der Waals surface area contributed by atoms with Crippen LogP contribution in [-0.4, -0.2) is 28.9 Å². The van der Waals surface area contributed by atoms with Crippen LogP contribution in [-0.2, 0) is 9.59 Å². The minimum atomic E-state index is -0.910. The summed E-state index contributed by atoms with van der Waals surface area (Å²) in [4.78, 5) is 39.3. The van der Waals surface area contributed by atoms with Gasteiger partial charge in [-0.3, -0.25) is 19.8 Å². The number of para-hydroxylation sites is 1.